The maximum Gasteiger partial charge on any atom is 0.514 e. The summed E-state index contributed by atoms with van der Waals surface area (Å²) in [7, 11) is -0.816. The van der Waals surface area contributed by atoms with Crippen molar-refractivity contribution in [1.29, 1.82) is 0 Å². The second-order valence-corrected chi connectivity index (χ2v) is 7.01. The van der Waals surface area contributed by atoms with Crippen LogP contribution in [0.2, 0.25) is 0 Å². The Balaban J connectivity index is 1.92. The molecule has 0 aromatic carbocycles. The molecule has 1 aliphatic carbocycles. The number of hydrogen-bond donors (Lipinski definition) is 0. The first kappa shape index (κ1) is 16.6. The first-order chi connectivity index (χ1) is 10.5. The van der Waals surface area contributed by atoms with E-state index in [0.29, 0.717) is 0 Å². The predicted octanol–water partition coefficient (Wildman–Crippen LogP) is 2.94. The van der Waals surface area contributed by atoms with Crippen LogP contribution in [0.3, 0.4) is 0 Å². The summed E-state index contributed by atoms with van der Waals surface area (Å²) in [5, 5.41) is 0. The van der Waals surface area contributed by atoms with E-state index in [2.05, 4.69) is 4.98 Å². The van der Waals surface area contributed by atoms with E-state index in [1.54, 1.807) is 0 Å². The van der Waals surface area contributed by atoms with Crippen molar-refractivity contribution in [3.05, 3.63) is 17.8 Å². The lowest BCUT2D eigenvalue weighted by Gasteiger charge is -2.32. The number of pyridine rings is 1. The van der Waals surface area contributed by atoms with Crippen LogP contribution in [0.15, 0.2) is 12.3 Å². The Bertz CT molecular complexity index is 598. The lowest BCUT2D eigenvalue weighted by Crippen LogP contribution is -2.41. The molecule has 2 fully saturated rings. The zero-order chi connectivity index (χ0) is 17.0. The van der Waals surface area contributed by atoms with Gasteiger partial charge < -0.3 is 14.0 Å². The van der Waals surface area contributed by atoms with Crippen LogP contribution in [0.4, 0.5) is 13.2 Å². The molecule has 126 valence electrons. The minimum absolute atomic E-state index is 0.148. The molecule has 0 atom stereocenters. The van der Waals surface area contributed by atoms with Crippen molar-refractivity contribution >= 4 is 12.7 Å². The maximum absolute atomic E-state index is 13.1. The van der Waals surface area contributed by atoms with Crippen LogP contribution in [-0.2, 0) is 15.5 Å². The molecule has 0 spiro atoms. The molecule has 0 unspecified atom stereocenters. The zero-order valence-electron chi connectivity index (χ0n) is 13.5. The minimum atomic E-state index is -4.51. The van der Waals surface area contributed by atoms with Gasteiger partial charge in [0.2, 0.25) is 0 Å². The maximum atomic E-state index is 13.1. The van der Waals surface area contributed by atoms with Crippen molar-refractivity contribution in [3.8, 4) is 5.75 Å². The van der Waals surface area contributed by atoms with Crippen LogP contribution >= 0.6 is 0 Å². The smallest absolute Gasteiger partial charge is 0.490 e. The van der Waals surface area contributed by atoms with Gasteiger partial charge in [0.25, 0.3) is 0 Å². The number of nitrogens with zero attached hydrogens (tertiary/aromatic N) is 1. The SMILES string of the molecule is CC1(C)OB(c2cc(OC3CC3)c(C(F)(F)F)cn2)OC1(C)C. The molecule has 23 heavy (non-hydrogen) atoms. The van der Waals surface area contributed by atoms with Gasteiger partial charge in [-0.3, -0.25) is 4.98 Å². The van der Waals surface area contributed by atoms with Gasteiger partial charge in [-0.2, -0.15) is 13.2 Å². The standard InChI is InChI=1S/C15H19BF3NO3/c1-13(2)14(3,4)23-16(22-13)12-7-11(21-9-5-6-9)10(8-20-12)15(17,18)19/h7-9H,5-6H2,1-4H3. The number of halogens is 3. The number of aromatic nitrogens is 1. The van der Waals surface area contributed by atoms with Crippen LogP contribution in [0.1, 0.15) is 46.1 Å². The molecule has 2 heterocycles. The third-order valence-corrected chi connectivity index (χ3v) is 4.51. The van der Waals surface area contributed by atoms with Gasteiger partial charge in [0, 0.05) is 6.20 Å². The molecule has 0 radical (unpaired) electrons. The topological polar surface area (TPSA) is 40.6 Å². The summed E-state index contributed by atoms with van der Waals surface area (Å²) < 4.78 is 56.4. The summed E-state index contributed by atoms with van der Waals surface area (Å²) in [5.41, 5.74) is -1.75. The minimum Gasteiger partial charge on any atom is -0.490 e. The Hall–Kier alpha value is -1.28. The number of hydrogen-bond acceptors (Lipinski definition) is 4. The molecule has 1 saturated carbocycles. The lowest BCUT2D eigenvalue weighted by atomic mass is 9.84. The van der Waals surface area contributed by atoms with Crippen molar-refractivity contribution in [2.45, 2.75) is 64.0 Å². The summed E-state index contributed by atoms with van der Waals surface area (Å²) in [6.45, 7) is 7.49. The summed E-state index contributed by atoms with van der Waals surface area (Å²) in [6.07, 6.45) is -2.33. The van der Waals surface area contributed by atoms with E-state index in [-0.39, 0.29) is 17.4 Å². The number of ether oxygens (including phenoxy) is 1. The Morgan fingerprint density at radius 3 is 2.22 bits per heavy atom. The molecule has 0 amide bonds. The highest BCUT2D eigenvalue weighted by atomic mass is 19.4. The van der Waals surface area contributed by atoms with Gasteiger partial charge in [-0.15, -0.1) is 0 Å². The summed E-state index contributed by atoms with van der Waals surface area (Å²) in [4.78, 5) is 3.90. The summed E-state index contributed by atoms with van der Waals surface area (Å²) in [6, 6.07) is 1.28. The van der Waals surface area contributed by atoms with Crippen molar-refractivity contribution < 1.29 is 27.2 Å². The molecular weight excluding hydrogens is 310 g/mol. The highest BCUT2D eigenvalue weighted by molar-refractivity contribution is 6.61. The molecule has 0 N–H and O–H groups in total. The van der Waals surface area contributed by atoms with Gasteiger partial charge in [0.15, 0.2) is 0 Å². The third kappa shape index (κ3) is 3.19. The Morgan fingerprint density at radius 1 is 1.17 bits per heavy atom. The van der Waals surface area contributed by atoms with Crippen molar-refractivity contribution in [2.24, 2.45) is 0 Å². The summed E-state index contributed by atoms with van der Waals surface area (Å²) in [5.74, 6) is -0.209. The van der Waals surface area contributed by atoms with Crippen LogP contribution < -0.4 is 10.3 Å². The fourth-order valence-electron chi connectivity index (χ4n) is 2.22. The third-order valence-electron chi connectivity index (χ3n) is 4.51. The first-order valence-corrected chi connectivity index (χ1v) is 7.59. The molecular formula is C15H19BF3NO3. The fraction of sp³-hybridized carbons (Fsp3) is 0.667. The van der Waals surface area contributed by atoms with Gasteiger partial charge >= 0.3 is 13.3 Å². The molecule has 1 aliphatic heterocycles. The van der Waals surface area contributed by atoms with E-state index in [4.69, 9.17) is 14.0 Å². The monoisotopic (exact) mass is 329 g/mol. The van der Waals surface area contributed by atoms with Crippen LogP contribution in [-0.4, -0.2) is 29.4 Å². The highest BCUT2D eigenvalue weighted by Crippen LogP contribution is 2.39. The van der Waals surface area contributed by atoms with Gasteiger partial charge in [-0.05, 0) is 46.6 Å². The molecule has 1 saturated heterocycles. The van der Waals surface area contributed by atoms with E-state index in [9.17, 15) is 13.2 Å². The lowest BCUT2D eigenvalue weighted by molar-refractivity contribution is -0.139. The average Bonchev–Trinajstić information content (AvgIpc) is 3.15. The van der Waals surface area contributed by atoms with Gasteiger partial charge in [-0.1, -0.05) is 0 Å². The fourth-order valence-corrected chi connectivity index (χ4v) is 2.22. The molecule has 1 aromatic rings. The van der Waals surface area contributed by atoms with Crippen LogP contribution in [0.25, 0.3) is 0 Å². The molecule has 0 bridgehead atoms. The molecule has 8 heteroatoms. The first-order valence-electron chi connectivity index (χ1n) is 7.59. The highest BCUT2D eigenvalue weighted by Gasteiger charge is 2.52. The Labute approximate surface area is 133 Å². The second-order valence-electron chi connectivity index (χ2n) is 7.01. The molecule has 1 aromatic heterocycles. The molecule has 4 nitrogen and oxygen atoms in total. The Kier molecular flexibility index (Phi) is 3.68. The second kappa shape index (κ2) is 5.11. The zero-order valence-corrected chi connectivity index (χ0v) is 13.5. The molecule has 2 aliphatic rings. The predicted molar refractivity (Wildman–Crippen MR) is 78.6 cm³/mol. The van der Waals surface area contributed by atoms with Gasteiger partial charge in [0.05, 0.1) is 22.9 Å². The van der Waals surface area contributed by atoms with E-state index >= 15 is 0 Å². The van der Waals surface area contributed by atoms with E-state index in [1.165, 1.54) is 6.07 Å². The molecule has 3 rings (SSSR count). The number of alkyl halides is 3. The average molecular weight is 329 g/mol. The largest absolute Gasteiger partial charge is 0.514 e. The van der Waals surface area contributed by atoms with Gasteiger partial charge in [0.1, 0.15) is 11.3 Å². The summed E-state index contributed by atoms with van der Waals surface area (Å²) >= 11 is 0. The normalized spacial score (nSPS) is 23.2. The van der Waals surface area contributed by atoms with E-state index in [1.807, 2.05) is 27.7 Å². The number of rotatable bonds is 3. The van der Waals surface area contributed by atoms with Gasteiger partial charge in [-0.25, -0.2) is 0 Å². The quantitative estimate of drug-likeness (QED) is 0.800. The van der Waals surface area contributed by atoms with Crippen molar-refractivity contribution in [1.82, 2.24) is 4.98 Å². The van der Waals surface area contributed by atoms with E-state index < -0.39 is 30.1 Å². The van der Waals surface area contributed by atoms with Crippen LogP contribution in [0.5, 0.6) is 5.75 Å². The van der Waals surface area contributed by atoms with Crippen LogP contribution in [0, 0.1) is 0 Å². The van der Waals surface area contributed by atoms with Crippen molar-refractivity contribution in [2.75, 3.05) is 0 Å². The van der Waals surface area contributed by atoms with E-state index in [0.717, 1.165) is 19.0 Å². The Morgan fingerprint density at radius 2 is 1.74 bits per heavy atom. The van der Waals surface area contributed by atoms with Crippen molar-refractivity contribution in [3.63, 3.8) is 0 Å².